The van der Waals surface area contributed by atoms with Gasteiger partial charge in [-0.05, 0) is 38.9 Å². The van der Waals surface area contributed by atoms with E-state index < -0.39 is 0 Å². The molecule has 2 atom stereocenters. The molecule has 2 unspecified atom stereocenters. The summed E-state index contributed by atoms with van der Waals surface area (Å²) in [5.74, 6) is 1.92. The van der Waals surface area contributed by atoms with Crippen molar-refractivity contribution in [3.05, 3.63) is 0 Å². The molecule has 1 saturated heterocycles. The first-order chi connectivity index (χ1) is 8.22. The lowest BCUT2D eigenvalue weighted by molar-refractivity contribution is -0.572. The van der Waals surface area contributed by atoms with E-state index in [-0.39, 0.29) is 0 Å². The minimum Gasteiger partial charge on any atom is -0.306 e. The molecule has 2 nitrogen and oxygen atoms in total. The lowest BCUT2D eigenvalue weighted by Crippen LogP contribution is -2.39. The summed E-state index contributed by atoms with van der Waals surface area (Å²) in [5.41, 5.74) is 1.80. The standard InChI is InChI=1S/C15H27N2/c1-12-9-14-3-4-15(10-12)17(14)11-13-5-7-16(2)8-6-13/h12-14H,3-11H2,1-2H3/q+1. The van der Waals surface area contributed by atoms with Gasteiger partial charge >= 0.3 is 0 Å². The molecule has 0 aliphatic carbocycles. The van der Waals surface area contributed by atoms with E-state index in [1.165, 1.54) is 58.2 Å². The summed E-state index contributed by atoms with van der Waals surface area (Å²) in [6, 6.07) is 0.911. The van der Waals surface area contributed by atoms with E-state index in [1.807, 2.05) is 0 Å². The van der Waals surface area contributed by atoms with Crippen molar-refractivity contribution in [1.29, 1.82) is 0 Å². The van der Waals surface area contributed by atoms with Crippen molar-refractivity contribution in [2.24, 2.45) is 11.8 Å². The maximum Gasteiger partial charge on any atom is 0.153 e. The molecule has 0 spiro atoms. The Balaban J connectivity index is 1.63. The summed E-state index contributed by atoms with van der Waals surface area (Å²) in [7, 11) is 2.26. The Morgan fingerprint density at radius 2 is 2.00 bits per heavy atom. The smallest absolute Gasteiger partial charge is 0.153 e. The summed E-state index contributed by atoms with van der Waals surface area (Å²) < 4.78 is 2.82. The summed E-state index contributed by atoms with van der Waals surface area (Å²) in [5, 5.41) is 0. The SMILES string of the molecule is CC1CC2=[N+](CC3CCN(C)CC3)C(CC2)C1. The molecular formula is C15H27N2+. The Kier molecular flexibility index (Phi) is 3.25. The highest BCUT2D eigenvalue weighted by atomic mass is 15.1. The van der Waals surface area contributed by atoms with Crippen LogP contribution in [0.15, 0.2) is 0 Å². The van der Waals surface area contributed by atoms with E-state index in [1.54, 1.807) is 5.71 Å². The van der Waals surface area contributed by atoms with Crippen LogP contribution in [0.2, 0.25) is 0 Å². The maximum absolute atomic E-state index is 2.82. The van der Waals surface area contributed by atoms with E-state index in [0.29, 0.717) is 0 Å². The molecule has 1 fully saturated rings. The molecule has 96 valence electrons. The number of rotatable bonds is 2. The summed E-state index contributed by atoms with van der Waals surface area (Å²) >= 11 is 0. The summed E-state index contributed by atoms with van der Waals surface area (Å²) in [6.45, 7) is 6.44. The Labute approximate surface area is 106 Å². The average molecular weight is 235 g/mol. The van der Waals surface area contributed by atoms with Crippen LogP contribution in [-0.2, 0) is 0 Å². The van der Waals surface area contributed by atoms with Gasteiger partial charge in [-0.3, -0.25) is 0 Å². The number of hydrogen-bond acceptors (Lipinski definition) is 1. The van der Waals surface area contributed by atoms with Crippen LogP contribution >= 0.6 is 0 Å². The van der Waals surface area contributed by atoms with Crippen LogP contribution in [0.5, 0.6) is 0 Å². The quantitative estimate of drug-likeness (QED) is 0.666. The predicted molar refractivity (Wildman–Crippen MR) is 71.8 cm³/mol. The Morgan fingerprint density at radius 3 is 2.71 bits per heavy atom. The van der Waals surface area contributed by atoms with Gasteiger partial charge in [0.25, 0.3) is 0 Å². The van der Waals surface area contributed by atoms with E-state index in [0.717, 1.165) is 17.9 Å². The van der Waals surface area contributed by atoms with Crippen LogP contribution in [0.25, 0.3) is 0 Å². The van der Waals surface area contributed by atoms with Gasteiger partial charge in [0.15, 0.2) is 11.8 Å². The first-order valence-electron chi connectivity index (χ1n) is 7.52. The summed E-state index contributed by atoms with van der Waals surface area (Å²) in [4.78, 5) is 2.48. The van der Waals surface area contributed by atoms with Gasteiger partial charge in [-0.25, -0.2) is 4.58 Å². The molecule has 0 aromatic carbocycles. The number of nitrogens with zero attached hydrogens (tertiary/aromatic N) is 2. The van der Waals surface area contributed by atoms with Gasteiger partial charge < -0.3 is 4.90 Å². The minimum absolute atomic E-state index is 0.911. The molecule has 3 aliphatic heterocycles. The van der Waals surface area contributed by atoms with Crippen LogP contribution in [0.1, 0.15) is 45.4 Å². The highest BCUT2D eigenvalue weighted by Crippen LogP contribution is 2.31. The lowest BCUT2D eigenvalue weighted by atomic mass is 9.92. The molecule has 0 aromatic rings. The van der Waals surface area contributed by atoms with Crippen molar-refractivity contribution in [3.8, 4) is 0 Å². The lowest BCUT2D eigenvalue weighted by Gasteiger charge is -2.29. The van der Waals surface area contributed by atoms with E-state index >= 15 is 0 Å². The maximum atomic E-state index is 2.82. The van der Waals surface area contributed by atoms with Crippen molar-refractivity contribution in [1.82, 2.24) is 4.90 Å². The topological polar surface area (TPSA) is 6.25 Å². The molecule has 0 amide bonds. The molecule has 17 heavy (non-hydrogen) atoms. The predicted octanol–water partition coefficient (Wildman–Crippen LogP) is 2.37. The molecule has 2 bridgehead atoms. The molecule has 0 radical (unpaired) electrons. The largest absolute Gasteiger partial charge is 0.306 e. The minimum atomic E-state index is 0.911. The number of fused-ring (bicyclic) bond motifs is 1. The normalized spacial score (nSPS) is 35.6. The first-order valence-corrected chi connectivity index (χ1v) is 7.52. The summed E-state index contributed by atoms with van der Waals surface area (Å²) in [6.07, 6.45) is 8.54. The van der Waals surface area contributed by atoms with Crippen LogP contribution < -0.4 is 0 Å². The van der Waals surface area contributed by atoms with Crippen molar-refractivity contribution in [2.75, 3.05) is 26.7 Å². The van der Waals surface area contributed by atoms with Crippen molar-refractivity contribution < 1.29 is 4.58 Å². The highest BCUT2D eigenvalue weighted by molar-refractivity contribution is 5.81. The second kappa shape index (κ2) is 4.72. The van der Waals surface area contributed by atoms with Gasteiger partial charge in [-0.2, -0.15) is 0 Å². The van der Waals surface area contributed by atoms with Gasteiger partial charge in [0.05, 0.1) is 0 Å². The van der Waals surface area contributed by atoms with Gasteiger partial charge in [-0.1, -0.05) is 6.92 Å². The highest BCUT2D eigenvalue weighted by Gasteiger charge is 2.40. The molecule has 3 aliphatic rings. The molecule has 0 saturated carbocycles. The van der Waals surface area contributed by atoms with Crippen LogP contribution in [0.3, 0.4) is 0 Å². The Hall–Kier alpha value is -0.370. The zero-order valence-corrected chi connectivity index (χ0v) is 11.5. The number of likely N-dealkylation sites (tertiary alicyclic amines) is 1. The molecule has 3 rings (SSSR count). The second-order valence-corrected chi connectivity index (χ2v) is 6.70. The zero-order chi connectivity index (χ0) is 11.8. The van der Waals surface area contributed by atoms with Gasteiger partial charge in [-0.15, -0.1) is 0 Å². The van der Waals surface area contributed by atoms with Crippen LogP contribution in [-0.4, -0.2) is 47.9 Å². The van der Waals surface area contributed by atoms with Gasteiger partial charge in [0.1, 0.15) is 6.54 Å². The zero-order valence-electron chi connectivity index (χ0n) is 11.5. The van der Waals surface area contributed by atoms with Gasteiger partial charge in [0.2, 0.25) is 0 Å². The third-order valence-electron chi connectivity index (χ3n) is 5.16. The average Bonchev–Trinajstić information content (AvgIpc) is 2.56. The number of hydrogen-bond donors (Lipinski definition) is 0. The van der Waals surface area contributed by atoms with E-state index in [2.05, 4.69) is 23.4 Å². The fourth-order valence-electron chi connectivity index (χ4n) is 4.11. The molecular weight excluding hydrogens is 208 g/mol. The van der Waals surface area contributed by atoms with Crippen molar-refractivity contribution >= 4 is 5.71 Å². The molecule has 3 heterocycles. The monoisotopic (exact) mass is 235 g/mol. The first kappa shape index (κ1) is 11.7. The fraction of sp³-hybridized carbons (Fsp3) is 0.933. The second-order valence-electron chi connectivity index (χ2n) is 6.70. The molecule has 0 aromatic heterocycles. The Bertz CT molecular complexity index is 313. The number of piperidine rings is 1. The molecule has 2 heteroatoms. The van der Waals surface area contributed by atoms with Crippen molar-refractivity contribution in [3.63, 3.8) is 0 Å². The van der Waals surface area contributed by atoms with E-state index in [4.69, 9.17) is 0 Å². The third-order valence-corrected chi connectivity index (χ3v) is 5.16. The molecule has 0 N–H and O–H groups in total. The Morgan fingerprint density at radius 1 is 1.24 bits per heavy atom. The van der Waals surface area contributed by atoms with Gasteiger partial charge in [0, 0.05) is 31.6 Å². The van der Waals surface area contributed by atoms with Crippen LogP contribution in [0, 0.1) is 11.8 Å². The van der Waals surface area contributed by atoms with Crippen LogP contribution in [0.4, 0.5) is 0 Å². The van der Waals surface area contributed by atoms with E-state index in [9.17, 15) is 0 Å². The third kappa shape index (κ3) is 2.42. The van der Waals surface area contributed by atoms with Crippen molar-refractivity contribution in [2.45, 2.75) is 51.5 Å². The fourth-order valence-corrected chi connectivity index (χ4v) is 4.11.